The normalized spacial score (nSPS) is 15.1. The lowest BCUT2D eigenvalue weighted by atomic mass is 10.1. The van der Waals surface area contributed by atoms with Crippen molar-refractivity contribution in [2.75, 3.05) is 19.0 Å². The second kappa shape index (κ2) is 7.34. The van der Waals surface area contributed by atoms with E-state index in [4.69, 9.17) is 4.74 Å². The van der Waals surface area contributed by atoms with E-state index in [0.29, 0.717) is 29.1 Å². The van der Waals surface area contributed by atoms with Gasteiger partial charge in [0, 0.05) is 30.8 Å². The first-order chi connectivity index (χ1) is 13.5. The third kappa shape index (κ3) is 3.69. The summed E-state index contributed by atoms with van der Waals surface area (Å²) in [6.07, 6.45) is 1.97. The lowest BCUT2D eigenvalue weighted by Gasteiger charge is -2.24. The SMILES string of the molecule is CNC(=O)c1ccc(CN(C(=O)c2ccc3c(c2)OCC(=O)N3)C2CC2)cc1. The van der Waals surface area contributed by atoms with Crippen LogP contribution in [-0.4, -0.2) is 42.3 Å². The monoisotopic (exact) mass is 379 g/mol. The van der Waals surface area contributed by atoms with Gasteiger partial charge in [0.15, 0.2) is 6.61 Å². The van der Waals surface area contributed by atoms with Gasteiger partial charge >= 0.3 is 0 Å². The molecular formula is C21H21N3O4. The molecule has 144 valence electrons. The van der Waals surface area contributed by atoms with Crippen molar-refractivity contribution in [3.63, 3.8) is 0 Å². The van der Waals surface area contributed by atoms with Crippen LogP contribution >= 0.6 is 0 Å². The van der Waals surface area contributed by atoms with Crippen LogP contribution in [-0.2, 0) is 11.3 Å². The summed E-state index contributed by atoms with van der Waals surface area (Å²) in [6, 6.07) is 12.6. The molecule has 1 aliphatic heterocycles. The molecular weight excluding hydrogens is 358 g/mol. The number of hydrogen-bond acceptors (Lipinski definition) is 4. The summed E-state index contributed by atoms with van der Waals surface area (Å²) in [7, 11) is 1.59. The topological polar surface area (TPSA) is 87.7 Å². The van der Waals surface area contributed by atoms with E-state index in [2.05, 4.69) is 10.6 Å². The number of carbonyl (C=O) groups is 3. The molecule has 28 heavy (non-hydrogen) atoms. The molecule has 7 heteroatoms. The van der Waals surface area contributed by atoms with Gasteiger partial charge in [-0.3, -0.25) is 14.4 Å². The highest BCUT2D eigenvalue weighted by Gasteiger charge is 2.33. The molecule has 2 N–H and O–H groups in total. The second-order valence-electron chi connectivity index (χ2n) is 6.99. The Balaban J connectivity index is 1.53. The van der Waals surface area contributed by atoms with Crippen molar-refractivity contribution < 1.29 is 19.1 Å². The molecule has 4 rings (SSSR count). The number of ether oxygens (including phenoxy) is 1. The Morgan fingerprint density at radius 3 is 2.54 bits per heavy atom. The Labute approximate surface area is 162 Å². The molecule has 2 aromatic carbocycles. The fraction of sp³-hybridized carbons (Fsp3) is 0.286. The van der Waals surface area contributed by atoms with E-state index in [1.165, 1.54) is 0 Å². The maximum atomic E-state index is 13.1. The molecule has 0 saturated heterocycles. The largest absolute Gasteiger partial charge is 0.482 e. The van der Waals surface area contributed by atoms with Gasteiger partial charge in [0.05, 0.1) is 5.69 Å². The Morgan fingerprint density at radius 1 is 1.14 bits per heavy atom. The summed E-state index contributed by atoms with van der Waals surface area (Å²) in [4.78, 5) is 38.1. The molecule has 7 nitrogen and oxygen atoms in total. The average molecular weight is 379 g/mol. The van der Waals surface area contributed by atoms with E-state index >= 15 is 0 Å². The van der Waals surface area contributed by atoms with Gasteiger partial charge in [-0.25, -0.2) is 0 Å². The first-order valence-electron chi connectivity index (χ1n) is 9.24. The minimum atomic E-state index is -0.202. The fourth-order valence-electron chi connectivity index (χ4n) is 3.23. The molecule has 1 heterocycles. The summed E-state index contributed by atoms with van der Waals surface area (Å²) >= 11 is 0. The van der Waals surface area contributed by atoms with Gasteiger partial charge in [0.25, 0.3) is 17.7 Å². The standard InChI is InChI=1S/C21H21N3O4/c1-22-20(26)14-4-2-13(3-5-14)11-24(16-7-8-16)21(27)15-6-9-17-18(10-15)28-12-19(25)23-17/h2-6,9-10,16H,7-8,11-12H2,1H3,(H,22,26)(H,23,25). The van der Waals surface area contributed by atoms with E-state index in [1.807, 2.05) is 17.0 Å². The molecule has 0 bridgehead atoms. The van der Waals surface area contributed by atoms with Crippen LogP contribution in [0.25, 0.3) is 0 Å². The Hall–Kier alpha value is -3.35. The van der Waals surface area contributed by atoms with Crippen LogP contribution in [0.1, 0.15) is 39.1 Å². The number of amides is 3. The fourth-order valence-corrected chi connectivity index (χ4v) is 3.23. The zero-order valence-electron chi connectivity index (χ0n) is 15.5. The molecule has 3 amide bonds. The highest BCUT2D eigenvalue weighted by atomic mass is 16.5. The van der Waals surface area contributed by atoms with E-state index in [0.717, 1.165) is 18.4 Å². The van der Waals surface area contributed by atoms with Crippen molar-refractivity contribution in [1.29, 1.82) is 0 Å². The number of rotatable bonds is 5. The van der Waals surface area contributed by atoms with Crippen molar-refractivity contribution >= 4 is 23.4 Å². The summed E-state index contributed by atoms with van der Waals surface area (Å²) in [5.74, 6) is 0.103. The van der Waals surface area contributed by atoms with E-state index in [-0.39, 0.29) is 30.4 Å². The number of benzene rings is 2. The maximum absolute atomic E-state index is 13.1. The molecule has 1 saturated carbocycles. The van der Waals surface area contributed by atoms with Crippen LogP contribution in [0.3, 0.4) is 0 Å². The van der Waals surface area contributed by atoms with Crippen LogP contribution in [0.4, 0.5) is 5.69 Å². The molecule has 0 radical (unpaired) electrons. The van der Waals surface area contributed by atoms with Crippen molar-refractivity contribution in [1.82, 2.24) is 10.2 Å². The van der Waals surface area contributed by atoms with Gasteiger partial charge in [-0.15, -0.1) is 0 Å². The van der Waals surface area contributed by atoms with E-state index in [1.54, 1.807) is 37.4 Å². The number of nitrogens with zero attached hydrogens (tertiary/aromatic N) is 1. The third-order valence-electron chi connectivity index (χ3n) is 4.91. The van der Waals surface area contributed by atoms with Crippen LogP contribution < -0.4 is 15.4 Å². The Bertz CT molecular complexity index is 935. The molecule has 0 unspecified atom stereocenters. The van der Waals surface area contributed by atoms with Gasteiger partial charge in [0.2, 0.25) is 0 Å². The smallest absolute Gasteiger partial charge is 0.262 e. The first-order valence-corrected chi connectivity index (χ1v) is 9.24. The van der Waals surface area contributed by atoms with Gasteiger partial charge in [-0.1, -0.05) is 12.1 Å². The highest BCUT2D eigenvalue weighted by Crippen LogP contribution is 2.33. The first kappa shape index (κ1) is 18.0. The van der Waals surface area contributed by atoms with Crippen LogP contribution in [0, 0.1) is 0 Å². The molecule has 1 fully saturated rings. The van der Waals surface area contributed by atoms with Crippen molar-refractivity contribution in [2.24, 2.45) is 0 Å². The average Bonchev–Trinajstić information content (AvgIpc) is 3.56. The predicted molar refractivity (Wildman–Crippen MR) is 103 cm³/mol. The van der Waals surface area contributed by atoms with Gasteiger partial charge in [0.1, 0.15) is 5.75 Å². The molecule has 2 aliphatic rings. The van der Waals surface area contributed by atoms with Crippen LogP contribution in [0.5, 0.6) is 5.75 Å². The minimum Gasteiger partial charge on any atom is -0.482 e. The van der Waals surface area contributed by atoms with Crippen molar-refractivity contribution in [2.45, 2.75) is 25.4 Å². The molecule has 1 aliphatic carbocycles. The summed E-state index contributed by atoms with van der Waals surface area (Å²) in [5.41, 5.74) is 2.66. The quantitative estimate of drug-likeness (QED) is 0.834. The van der Waals surface area contributed by atoms with E-state index < -0.39 is 0 Å². The van der Waals surface area contributed by atoms with Crippen molar-refractivity contribution in [3.8, 4) is 5.75 Å². The number of fused-ring (bicyclic) bond motifs is 1. The van der Waals surface area contributed by atoms with Crippen LogP contribution in [0.2, 0.25) is 0 Å². The second-order valence-corrected chi connectivity index (χ2v) is 6.99. The molecule has 0 aromatic heterocycles. The molecule has 0 atom stereocenters. The van der Waals surface area contributed by atoms with Gasteiger partial charge in [-0.05, 0) is 48.7 Å². The Kier molecular flexibility index (Phi) is 4.73. The number of carbonyl (C=O) groups excluding carboxylic acids is 3. The van der Waals surface area contributed by atoms with Crippen LogP contribution in [0.15, 0.2) is 42.5 Å². The van der Waals surface area contributed by atoms with Crippen molar-refractivity contribution in [3.05, 3.63) is 59.2 Å². The summed E-state index contributed by atoms with van der Waals surface area (Å²) in [6.45, 7) is 0.431. The molecule has 0 spiro atoms. The lowest BCUT2D eigenvalue weighted by molar-refractivity contribution is -0.118. The zero-order chi connectivity index (χ0) is 19.7. The predicted octanol–water partition coefficient (Wildman–Crippen LogP) is 2.18. The lowest BCUT2D eigenvalue weighted by Crippen LogP contribution is -2.33. The highest BCUT2D eigenvalue weighted by molar-refractivity contribution is 5.99. The number of nitrogens with one attached hydrogen (secondary N) is 2. The minimum absolute atomic E-state index is 0.0470. The number of hydrogen-bond donors (Lipinski definition) is 2. The Morgan fingerprint density at radius 2 is 1.86 bits per heavy atom. The number of anilines is 1. The van der Waals surface area contributed by atoms with Gasteiger partial charge < -0.3 is 20.3 Å². The summed E-state index contributed by atoms with van der Waals surface area (Å²) in [5, 5.41) is 5.32. The molecule has 2 aromatic rings. The maximum Gasteiger partial charge on any atom is 0.262 e. The summed E-state index contributed by atoms with van der Waals surface area (Å²) < 4.78 is 5.43. The zero-order valence-corrected chi connectivity index (χ0v) is 15.5. The van der Waals surface area contributed by atoms with Gasteiger partial charge in [-0.2, -0.15) is 0 Å². The van der Waals surface area contributed by atoms with E-state index in [9.17, 15) is 14.4 Å². The third-order valence-corrected chi connectivity index (χ3v) is 4.91.